The van der Waals surface area contributed by atoms with Crippen molar-refractivity contribution in [2.75, 3.05) is 0 Å². The molecule has 0 radical (unpaired) electrons. The van der Waals surface area contributed by atoms with E-state index in [0.717, 1.165) is 16.7 Å². The van der Waals surface area contributed by atoms with Crippen molar-refractivity contribution in [3.63, 3.8) is 0 Å². The minimum atomic E-state index is 0. The van der Waals surface area contributed by atoms with E-state index >= 15 is 0 Å². The molecule has 0 aliphatic carbocycles. The molecule has 3 heteroatoms. The maximum Gasteiger partial charge on any atom is 0.0142 e. The van der Waals surface area contributed by atoms with Crippen molar-refractivity contribution in [2.24, 2.45) is 0 Å². The Labute approximate surface area is 83.4 Å². The second-order valence-electron chi connectivity index (χ2n) is 2.57. The summed E-state index contributed by atoms with van der Waals surface area (Å²) >= 11 is 0. The van der Waals surface area contributed by atoms with Gasteiger partial charge >= 0.3 is 0 Å². The Morgan fingerprint density at radius 3 is 2.17 bits per heavy atom. The predicted molar refractivity (Wildman–Crippen MR) is 44.8 cm³/mol. The van der Waals surface area contributed by atoms with Crippen LogP contribution in [0.5, 0.6) is 5.75 Å². The molecule has 0 spiro atoms. The van der Waals surface area contributed by atoms with E-state index in [0.29, 0.717) is 5.75 Å². The third kappa shape index (κ3) is 2.52. The van der Waals surface area contributed by atoms with Crippen molar-refractivity contribution in [1.29, 1.82) is 0 Å². The first kappa shape index (κ1) is 14.0. The first-order chi connectivity index (χ1) is 4.63. The van der Waals surface area contributed by atoms with Crippen molar-refractivity contribution in [3.8, 4) is 5.75 Å². The Balaban J connectivity index is 0. The molecule has 12 heavy (non-hydrogen) atoms. The second-order valence-corrected chi connectivity index (χ2v) is 2.57. The average Bonchev–Trinajstić information content (AvgIpc) is 1.93. The standard InChI is InChI=1S/C9H11O.Fe.H2O/c1-6-4-5-7(2)9(10)8(6)3;;/h5,10H,1-3H3;;1H2/q-1;;. The van der Waals surface area contributed by atoms with Crippen LogP contribution in [-0.2, 0) is 17.1 Å². The summed E-state index contributed by atoms with van der Waals surface area (Å²) in [5, 5.41) is 9.37. The molecule has 0 aliphatic rings. The van der Waals surface area contributed by atoms with E-state index in [1.807, 2.05) is 20.8 Å². The molecular weight excluding hydrogens is 196 g/mol. The number of phenols is 1. The normalized spacial score (nSPS) is 8.25. The van der Waals surface area contributed by atoms with Gasteiger partial charge in [0.25, 0.3) is 0 Å². The molecule has 70 valence electrons. The molecule has 2 nitrogen and oxygen atoms in total. The first-order valence-electron chi connectivity index (χ1n) is 3.30. The summed E-state index contributed by atoms with van der Waals surface area (Å²) in [7, 11) is 0. The largest absolute Gasteiger partial charge is 0.533 e. The van der Waals surface area contributed by atoms with Gasteiger partial charge in [-0.25, -0.2) is 0 Å². The van der Waals surface area contributed by atoms with Gasteiger partial charge in [-0.2, -0.15) is 17.7 Å². The van der Waals surface area contributed by atoms with E-state index in [1.165, 1.54) is 0 Å². The molecule has 0 heterocycles. The third-order valence-electron chi connectivity index (χ3n) is 1.80. The van der Waals surface area contributed by atoms with Crippen molar-refractivity contribution >= 4 is 0 Å². The molecule has 1 aromatic carbocycles. The smallest absolute Gasteiger partial charge is 0.0142 e. The quantitative estimate of drug-likeness (QED) is 0.508. The third-order valence-corrected chi connectivity index (χ3v) is 1.80. The minimum Gasteiger partial charge on any atom is -0.533 e. The molecule has 0 fully saturated rings. The van der Waals surface area contributed by atoms with Crippen LogP contribution < -0.4 is 0 Å². The van der Waals surface area contributed by atoms with Crippen LogP contribution in [0.15, 0.2) is 6.07 Å². The number of benzene rings is 1. The summed E-state index contributed by atoms with van der Waals surface area (Å²) in [4.78, 5) is 0. The average molecular weight is 209 g/mol. The van der Waals surface area contributed by atoms with Crippen molar-refractivity contribution < 1.29 is 27.7 Å². The van der Waals surface area contributed by atoms with E-state index < -0.39 is 0 Å². The van der Waals surface area contributed by atoms with Gasteiger partial charge < -0.3 is 10.6 Å². The Bertz CT molecular complexity index is 232. The van der Waals surface area contributed by atoms with Crippen molar-refractivity contribution in [2.45, 2.75) is 20.8 Å². The zero-order valence-electron chi connectivity index (χ0n) is 7.38. The number of hydrogen-bond donors (Lipinski definition) is 1. The van der Waals surface area contributed by atoms with Crippen molar-refractivity contribution in [1.82, 2.24) is 0 Å². The van der Waals surface area contributed by atoms with Crippen LogP contribution in [0.25, 0.3) is 0 Å². The topological polar surface area (TPSA) is 51.7 Å². The van der Waals surface area contributed by atoms with E-state index in [4.69, 9.17) is 0 Å². The van der Waals surface area contributed by atoms with Gasteiger partial charge in [-0.1, -0.05) is 20.8 Å². The molecule has 1 rings (SSSR count). The molecule has 0 aliphatic heterocycles. The second kappa shape index (κ2) is 5.20. The zero-order valence-corrected chi connectivity index (χ0v) is 8.48. The summed E-state index contributed by atoms with van der Waals surface area (Å²) < 4.78 is 0. The molecule has 0 atom stereocenters. The summed E-state index contributed by atoms with van der Waals surface area (Å²) in [6.07, 6.45) is 0. The molecule has 0 bridgehead atoms. The SMILES string of the molecule is Cc1[c-]cc(C)c(O)c1C.O.[Fe]. The van der Waals surface area contributed by atoms with Gasteiger partial charge in [-0.05, 0) is 0 Å². The van der Waals surface area contributed by atoms with Crippen LogP contribution in [0.1, 0.15) is 16.7 Å². The number of hydrogen-bond acceptors (Lipinski definition) is 1. The Morgan fingerprint density at radius 1 is 1.25 bits per heavy atom. The van der Waals surface area contributed by atoms with Crippen LogP contribution in [0.4, 0.5) is 0 Å². The molecule has 0 unspecified atom stereocenters. The minimum absolute atomic E-state index is 0. The Morgan fingerprint density at radius 2 is 1.75 bits per heavy atom. The summed E-state index contributed by atoms with van der Waals surface area (Å²) in [5.74, 6) is 0.399. The van der Waals surface area contributed by atoms with Crippen LogP contribution in [-0.4, -0.2) is 10.6 Å². The Hall–Kier alpha value is -0.501. The number of rotatable bonds is 0. The van der Waals surface area contributed by atoms with Gasteiger partial charge in [-0.3, -0.25) is 0 Å². The fraction of sp³-hybridized carbons (Fsp3) is 0.333. The van der Waals surface area contributed by atoms with E-state index in [9.17, 15) is 5.11 Å². The number of phenolic OH excluding ortho intramolecular Hbond substituents is 1. The van der Waals surface area contributed by atoms with Gasteiger partial charge in [0.1, 0.15) is 0 Å². The number of aryl methyl sites for hydroxylation is 2. The molecule has 3 N–H and O–H groups in total. The van der Waals surface area contributed by atoms with Crippen LogP contribution in [0.3, 0.4) is 0 Å². The first-order valence-corrected chi connectivity index (χ1v) is 3.30. The molecule has 1 aromatic rings. The number of aromatic hydroxyl groups is 1. The summed E-state index contributed by atoms with van der Waals surface area (Å²) in [6.45, 7) is 5.71. The van der Waals surface area contributed by atoms with E-state index in [2.05, 4.69) is 6.07 Å². The molecular formula is C9H13FeO2-. The summed E-state index contributed by atoms with van der Waals surface area (Å²) in [5.41, 5.74) is 2.84. The van der Waals surface area contributed by atoms with Gasteiger partial charge in [0, 0.05) is 22.8 Å². The maximum atomic E-state index is 9.37. The van der Waals surface area contributed by atoms with E-state index in [-0.39, 0.29) is 22.5 Å². The van der Waals surface area contributed by atoms with Crippen LogP contribution in [0.2, 0.25) is 0 Å². The van der Waals surface area contributed by atoms with Gasteiger partial charge in [0.05, 0.1) is 0 Å². The van der Waals surface area contributed by atoms with Gasteiger partial charge in [0.2, 0.25) is 0 Å². The molecule has 0 saturated heterocycles. The molecule has 0 saturated carbocycles. The van der Waals surface area contributed by atoms with Crippen LogP contribution >= 0.6 is 0 Å². The van der Waals surface area contributed by atoms with Gasteiger partial charge in [0.15, 0.2) is 0 Å². The van der Waals surface area contributed by atoms with Crippen LogP contribution in [0, 0.1) is 26.8 Å². The van der Waals surface area contributed by atoms with Crippen molar-refractivity contribution in [3.05, 3.63) is 28.8 Å². The molecule has 0 aromatic heterocycles. The fourth-order valence-corrected chi connectivity index (χ4v) is 0.866. The van der Waals surface area contributed by atoms with Gasteiger partial charge in [-0.15, -0.1) is 11.1 Å². The zero-order chi connectivity index (χ0) is 7.72. The Kier molecular flexibility index (Phi) is 6.09. The molecule has 0 amide bonds. The monoisotopic (exact) mass is 209 g/mol. The fourth-order valence-electron chi connectivity index (χ4n) is 0.866. The maximum absolute atomic E-state index is 9.37. The summed E-state index contributed by atoms with van der Waals surface area (Å²) in [6, 6.07) is 4.85. The van der Waals surface area contributed by atoms with E-state index in [1.54, 1.807) is 6.07 Å². The predicted octanol–water partition coefficient (Wildman–Crippen LogP) is 1.29.